The van der Waals surface area contributed by atoms with Crippen molar-refractivity contribution < 1.29 is 9.59 Å². The second-order valence-corrected chi connectivity index (χ2v) is 7.71. The highest BCUT2D eigenvalue weighted by Crippen LogP contribution is 2.35. The van der Waals surface area contributed by atoms with Crippen LogP contribution in [-0.2, 0) is 6.54 Å². The van der Waals surface area contributed by atoms with E-state index in [0.717, 1.165) is 16.8 Å². The molecule has 1 saturated heterocycles. The molecule has 29 heavy (non-hydrogen) atoms. The Bertz CT molecular complexity index is 1080. The molecule has 0 saturated carbocycles. The molecule has 2 aliphatic heterocycles. The van der Waals surface area contributed by atoms with E-state index in [0.29, 0.717) is 25.3 Å². The van der Waals surface area contributed by atoms with Gasteiger partial charge in [0.2, 0.25) is 0 Å². The van der Waals surface area contributed by atoms with E-state index in [2.05, 4.69) is 4.98 Å². The molecular formula is C23H22N4O2. The third-order valence-electron chi connectivity index (χ3n) is 6.00. The summed E-state index contributed by atoms with van der Waals surface area (Å²) in [6.45, 7) is 3.51. The quantitative estimate of drug-likeness (QED) is 0.695. The largest absolute Gasteiger partial charge is 0.337 e. The molecule has 2 amide bonds. The summed E-state index contributed by atoms with van der Waals surface area (Å²) in [4.78, 5) is 34.6. The molecular weight excluding hydrogens is 364 g/mol. The van der Waals surface area contributed by atoms with Crippen molar-refractivity contribution in [2.24, 2.45) is 0 Å². The SMILES string of the molecule is Cc1ccccc1C(=O)N1CC2C(C1)n1cccc1C(=O)N2Cc1ccccn1. The molecule has 0 aliphatic carbocycles. The Balaban J connectivity index is 1.48. The van der Waals surface area contributed by atoms with Gasteiger partial charge in [-0.05, 0) is 42.8 Å². The first kappa shape index (κ1) is 17.7. The highest BCUT2D eigenvalue weighted by Gasteiger charge is 2.46. The zero-order valence-electron chi connectivity index (χ0n) is 16.2. The van der Waals surface area contributed by atoms with Crippen LogP contribution in [0.4, 0.5) is 0 Å². The molecule has 1 aromatic carbocycles. The summed E-state index contributed by atoms with van der Waals surface area (Å²) in [6, 6.07) is 17.1. The number of nitrogens with zero attached hydrogens (tertiary/aromatic N) is 4. The number of benzene rings is 1. The molecule has 6 heteroatoms. The second kappa shape index (κ2) is 6.88. The number of carbonyl (C=O) groups is 2. The van der Waals surface area contributed by atoms with Crippen molar-refractivity contribution >= 4 is 11.8 Å². The number of amides is 2. The average molecular weight is 386 g/mol. The lowest BCUT2D eigenvalue weighted by atomic mass is 10.1. The minimum absolute atomic E-state index is 0.00732. The summed E-state index contributed by atoms with van der Waals surface area (Å²) in [5.41, 5.74) is 3.22. The van der Waals surface area contributed by atoms with Crippen molar-refractivity contribution in [2.45, 2.75) is 25.6 Å². The zero-order chi connectivity index (χ0) is 20.0. The molecule has 5 rings (SSSR count). The van der Waals surface area contributed by atoms with Crippen molar-refractivity contribution in [3.63, 3.8) is 0 Å². The van der Waals surface area contributed by atoms with Crippen LogP contribution in [0, 0.1) is 6.92 Å². The number of aryl methyl sites for hydroxylation is 1. The highest BCUT2D eigenvalue weighted by atomic mass is 16.2. The Hall–Kier alpha value is -3.41. The van der Waals surface area contributed by atoms with Gasteiger partial charge in [0.25, 0.3) is 11.8 Å². The maximum atomic E-state index is 13.2. The molecule has 1 fully saturated rings. The van der Waals surface area contributed by atoms with Crippen LogP contribution < -0.4 is 0 Å². The minimum atomic E-state index is -0.0719. The number of carbonyl (C=O) groups excluding carboxylic acids is 2. The van der Waals surface area contributed by atoms with Gasteiger partial charge in [0.05, 0.1) is 24.3 Å². The van der Waals surface area contributed by atoms with E-state index in [-0.39, 0.29) is 23.9 Å². The van der Waals surface area contributed by atoms with E-state index in [9.17, 15) is 9.59 Å². The Kier molecular flexibility index (Phi) is 4.19. The Labute approximate surface area is 169 Å². The first-order valence-corrected chi connectivity index (χ1v) is 9.86. The van der Waals surface area contributed by atoms with Crippen LogP contribution in [0.5, 0.6) is 0 Å². The van der Waals surface area contributed by atoms with Crippen molar-refractivity contribution in [1.82, 2.24) is 19.4 Å². The lowest BCUT2D eigenvalue weighted by Crippen LogP contribution is -2.50. The predicted molar refractivity (Wildman–Crippen MR) is 108 cm³/mol. The first-order valence-electron chi connectivity index (χ1n) is 9.86. The third-order valence-corrected chi connectivity index (χ3v) is 6.00. The van der Waals surface area contributed by atoms with Crippen LogP contribution in [0.25, 0.3) is 0 Å². The summed E-state index contributed by atoms with van der Waals surface area (Å²) in [6.07, 6.45) is 3.69. The van der Waals surface area contributed by atoms with Crippen molar-refractivity contribution in [3.8, 4) is 0 Å². The molecule has 4 heterocycles. The van der Waals surface area contributed by atoms with Gasteiger partial charge in [-0.25, -0.2) is 0 Å². The number of aromatic nitrogens is 2. The van der Waals surface area contributed by atoms with E-state index in [1.807, 2.05) is 82.1 Å². The predicted octanol–water partition coefficient (Wildman–Crippen LogP) is 2.91. The number of hydrogen-bond donors (Lipinski definition) is 0. The standard InChI is InChI=1S/C23H22N4O2/c1-16-7-2-3-9-18(16)22(28)25-14-20-21(15-25)27(13-17-8-4-5-11-24-17)23(29)19-10-6-12-26(19)20/h2-12,20-21H,13-15H2,1H3. The van der Waals surface area contributed by atoms with E-state index in [1.54, 1.807) is 6.20 Å². The van der Waals surface area contributed by atoms with Crippen LogP contribution in [0.1, 0.15) is 38.1 Å². The Morgan fingerprint density at radius 2 is 1.83 bits per heavy atom. The van der Waals surface area contributed by atoms with Crippen LogP contribution >= 0.6 is 0 Å². The summed E-state index contributed by atoms with van der Waals surface area (Å²) in [5, 5.41) is 0. The van der Waals surface area contributed by atoms with Crippen molar-refractivity contribution in [2.75, 3.05) is 13.1 Å². The van der Waals surface area contributed by atoms with Gasteiger partial charge < -0.3 is 14.4 Å². The molecule has 6 nitrogen and oxygen atoms in total. The normalized spacial score (nSPS) is 20.5. The molecule has 0 radical (unpaired) electrons. The van der Waals surface area contributed by atoms with Crippen LogP contribution in [-0.4, -0.2) is 50.3 Å². The van der Waals surface area contributed by atoms with E-state index >= 15 is 0 Å². The fourth-order valence-electron chi connectivity index (χ4n) is 4.52. The summed E-state index contributed by atoms with van der Waals surface area (Å²) in [5.74, 6) is 0.0172. The van der Waals surface area contributed by atoms with Gasteiger partial charge in [0.1, 0.15) is 5.69 Å². The average Bonchev–Trinajstić information content (AvgIpc) is 3.39. The number of rotatable bonds is 3. The van der Waals surface area contributed by atoms with Gasteiger partial charge in [-0.2, -0.15) is 0 Å². The lowest BCUT2D eigenvalue weighted by molar-refractivity contribution is 0.0547. The van der Waals surface area contributed by atoms with Crippen molar-refractivity contribution in [1.29, 1.82) is 0 Å². The highest BCUT2D eigenvalue weighted by molar-refractivity contribution is 5.97. The number of hydrogen-bond acceptors (Lipinski definition) is 3. The second-order valence-electron chi connectivity index (χ2n) is 7.71. The van der Waals surface area contributed by atoms with Gasteiger partial charge in [-0.3, -0.25) is 14.6 Å². The summed E-state index contributed by atoms with van der Waals surface area (Å²) < 4.78 is 2.03. The summed E-state index contributed by atoms with van der Waals surface area (Å²) in [7, 11) is 0. The molecule has 2 atom stereocenters. The van der Waals surface area contributed by atoms with Gasteiger partial charge in [-0.1, -0.05) is 24.3 Å². The van der Waals surface area contributed by atoms with Gasteiger partial charge in [0.15, 0.2) is 0 Å². The molecule has 0 spiro atoms. The summed E-state index contributed by atoms with van der Waals surface area (Å²) >= 11 is 0. The van der Waals surface area contributed by atoms with E-state index in [1.165, 1.54) is 0 Å². The fraction of sp³-hybridized carbons (Fsp3) is 0.261. The Morgan fingerprint density at radius 3 is 2.62 bits per heavy atom. The van der Waals surface area contributed by atoms with Crippen LogP contribution in [0.2, 0.25) is 0 Å². The molecule has 2 aliphatic rings. The third kappa shape index (κ3) is 2.92. The monoisotopic (exact) mass is 386 g/mol. The van der Waals surface area contributed by atoms with E-state index < -0.39 is 0 Å². The number of fused-ring (bicyclic) bond motifs is 3. The number of likely N-dealkylation sites (tertiary alicyclic amines) is 1. The smallest absolute Gasteiger partial charge is 0.271 e. The van der Waals surface area contributed by atoms with Crippen molar-refractivity contribution in [3.05, 3.63) is 89.5 Å². The van der Waals surface area contributed by atoms with Gasteiger partial charge in [0, 0.05) is 31.0 Å². The topological polar surface area (TPSA) is 58.4 Å². The maximum Gasteiger partial charge on any atom is 0.271 e. The lowest BCUT2D eigenvalue weighted by Gasteiger charge is -2.37. The maximum absolute atomic E-state index is 13.2. The van der Waals surface area contributed by atoms with Gasteiger partial charge >= 0.3 is 0 Å². The molecule has 2 aromatic heterocycles. The first-order chi connectivity index (χ1) is 14.1. The van der Waals surface area contributed by atoms with Gasteiger partial charge in [-0.15, -0.1) is 0 Å². The molecule has 2 unspecified atom stereocenters. The minimum Gasteiger partial charge on any atom is -0.337 e. The van der Waals surface area contributed by atoms with E-state index in [4.69, 9.17) is 0 Å². The molecule has 3 aromatic rings. The zero-order valence-corrected chi connectivity index (χ0v) is 16.2. The van der Waals surface area contributed by atoms with Crippen LogP contribution in [0.3, 0.4) is 0 Å². The molecule has 0 N–H and O–H groups in total. The fourth-order valence-corrected chi connectivity index (χ4v) is 4.52. The molecule has 0 bridgehead atoms. The van der Waals surface area contributed by atoms with Crippen LogP contribution in [0.15, 0.2) is 67.0 Å². The number of pyridine rings is 1. The molecule has 146 valence electrons. The Morgan fingerprint density at radius 1 is 1.03 bits per heavy atom.